The van der Waals surface area contributed by atoms with Gasteiger partial charge in [0.15, 0.2) is 0 Å². The van der Waals surface area contributed by atoms with Crippen molar-refractivity contribution in [3.63, 3.8) is 0 Å². The number of anilines is 1. The van der Waals surface area contributed by atoms with Crippen LogP contribution in [0, 0.1) is 0 Å². The summed E-state index contributed by atoms with van der Waals surface area (Å²) in [6.07, 6.45) is 0.273. The van der Waals surface area contributed by atoms with Crippen LogP contribution in [-0.2, 0) is 14.3 Å². The molecule has 0 spiro atoms. The summed E-state index contributed by atoms with van der Waals surface area (Å²) in [4.78, 5) is 54.7. The van der Waals surface area contributed by atoms with Crippen molar-refractivity contribution in [2.75, 3.05) is 31.1 Å². The van der Waals surface area contributed by atoms with Crippen molar-refractivity contribution >= 4 is 29.5 Å². The molecule has 172 valence electrons. The second kappa shape index (κ2) is 8.11. The molecule has 4 rings (SSSR count). The number of ether oxygens (including phenoxy) is 1. The normalized spacial score (nSPS) is 23.9. The Kier molecular flexibility index (Phi) is 5.60. The summed E-state index contributed by atoms with van der Waals surface area (Å²) in [5.74, 6) is -0.882. The van der Waals surface area contributed by atoms with E-state index in [0.717, 1.165) is 11.3 Å². The van der Waals surface area contributed by atoms with Crippen LogP contribution in [0.5, 0.6) is 0 Å². The quantitative estimate of drug-likeness (QED) is 0.704. The molecule has 1 aromatic carbocycles. The number of imide groups is 1. The van der Waals surface area contributed by atoms with E-state index in [1.807, 2.05) is 45.9 Å². The van der Waals surface area contributed by atoms with E-state index >= 15 is 0 Å². The van der Waals surface area contributed by atoms with E-state index in [-0.39, 0.29) is 30.4 Å². The van der Waals surface area contributed by atoms with E-state index < -0.39 is 17.6 Å². The molecule has 3 aliphatic heterocycles. The van der Waals surface area contributed by atoms with Gasteiger partial charge in [-0.3, -0.25) is 19.7 Å². The molecule has 0 aromatic heterocycles. The van der Waals surface area contributed by atoms with Crippen LogP contribution < -0.4 is 10.2 Å². The van der Waals surface area contributed by atoms with E-state index in [0.29, 0.717) is 38.2 Å². The number of nitrogens with one attached hydrogen (secondary N) is 1. The van der Waals surface area contributed by atoms with Crippen molar-refractivity contribution in [2.45, 2.75) is 58.2 Å². The van der Waals surface area contributed by atoms with Gasteiger partial charge < -0.3 is 19.4 Å². The van der Waals surface area contributed by atoms with Crippen molar-refractivity contribution < 1.29 is 23.9 Å². The maximum atomic E-state index is 13.0. The first-order chi connectivity index (χ1) is 15.0. The number of piperidine rings is 1. The highest BCUT2D eigenvalue weighted by Crippen LogP contribution is 2.38. The molecular formula is C23H30N4O5. The second-order valence-corrected chi connectivity index (χ2v) is 9.58. The van der Waals surface area contributed by atoms with Crippen LogP contribution in [0.25, 0.3) is 0 Å². The molecule has 3 aliphatic rings. The summed E-state index contributed by atoms with van der Waals surface area (Å²) in [7, 11) is 0. The lowest BCUT2D eigenvalue weighted by Gasteiger charge is -2.37. The lowest BCUT2D eigenvalue weighted by molar-refractivity contribution is -0.137. The Balaban J connectivity index is 1.45. The maximum absolute atomic E-state index is 13.0. The van der Waals surface area contributed by atoms with Gasteiger partial charge in [0.2, 0.25) is 11.8 Å². The highest BCUT2D eigenvalue weighted by molar-refractivity contribution is 6.06. The van der Waals surface area contributed by atoms with E-state index in [1.54, 1.807) is 9.80 Å². The van der Waals surface area contributed by atoms with Crippen LogP contribution in [-0.4, -0.2) is 71.4 Å². The summed E-state index contributed by atoms with van der Waals surface area (Å²) in [5.41, 5.74) is 1.94. The zero-order valence-electron chi connectivity index (χ0n) is 19.0. The van der Waals surface area contributed by atoms with Gasteiger partial charge in [-0.15, -0.1) is 0 Å². The standard InChI is InChI=1S/C23H30N4O5/c1-14-17-13-15(25-9-11-26(12-10-25)22(31)32-23(2,3)4)5-6-16(17)21(30)27(14)18-7-8-19(28)24-20(18)29/h5-6,13-14,18H,7-12H2,1-4H3,(H,24,28,29). The molecule has 2 fully saturated rings. The maximum Gasteiger partial charge on any atom is 0.410 e. The molecule has 4 amide bonds. The van der Waals surface area contributed by atoms with Gasteiger partial charge in [-0.2, -0.15) is 0 Å². The largest absolute Gasteiger partial charge is 0.444 e. The Hall–Kier alpha value is -3.10. The van der Waals surface area contributed by atoms with E-state index in [2.05, 4.69) is 10.2 Å². The van der Waals surface area contributed by atoms with Gasteiger partial charge in [0, 0.05) is 43.9 Å². The van der Waals surface area contributed by atoms with Gasteiger partial charge in [-0.25, -0.2) is 4.79 Å². The third-order valence-electron chi connectivity index (χ3n) is 6.21. The molecule has 1 aromatic rings. The van der Waals surface area contributed by atoms with Crippen molar-refractivity contribution in [1.29, 1.82) is 0 Å². The van der Waals surface area contributed by atoms with E-state index in [4.69, 9.17) is 4.74 Å². The first-order valence-electron chi connectivity index (χ1n) is 11.1. The first kappa shape index (κ1) is 22.1. The highest BCUT2D eigenvalue weighted by atomic mass is 16.6. The monoisotopic (exact) mass is 442 g/mol. The molecule has 2 unspecified atom stereocenters. The summed E-state index contributed by atoms with van der Waals surface area (Å²) in [6.45, 7) is 9.92. The summed E-state index contributed by atoms with van der Waals surface area (Å²) in [5, 5.41) is 2.34. The fourth-order valence-electron chi connectivity index (χ4n) is 4.58. The molecule has 0 bridgehead atoms. The molecule has 9 nitrogen and oxygen atoms in total. The molecule has 1 N–H and O–H groups in total. The van der Waals surface area contributed by atoms with Crippen LogP contribution in [0.15, 0.2) is 18.2 Å². The molecule has 0 aliphatic carbocycles. The Bertz CT molecular complexity index is 962. The molecular weight excluding hydrogens is 412 g/mol. The number of hydrogen-bond acceptors (Lipinski definition) is 6. The Morgan fingerprint density at radius 2 is 1.78 bits per heavy atom. The number of benzene rings is 1. The number of hydrogen-bond donors (Lipinski definition) is 1. The molecule has 0 saturated carbocycles. The third-order valence-corrected chi connectivity index (χ3v) is 6.21. The van der Waals surface area contributed by atoms with Crippen molar-refractivity contribution in [1.82, 2.24) is 15.1 Å². The highest BCUT2D eigenvalue weighted by Gasteiger charge is 2.43. The average Bonchev–Trinajstić information content (AvgIpc) is 2.97. The van der Waals surface area contributed by atoms with Gasteiger partial charge in [0.1, 0.15) is 11.6 Å². The summed E-state index contributed by atoms with van der Waals surface area (Å²) in [6, 6.07) is 4.84. The Morgan fingerprint density at radius 1 is 1.09 bits per heavy atom. The van der Waals surface area contributed by atoms with E-state index in [9.17, 15) is 19.2 Å². The number of rotatable bonds is 2. The fraction of sp³-hybridized carbons (Fsp3) is 0.565. The average molecular weight is 443 g/mol. The Morgan fingerprint density at radius 3 is 2.41 bits per heavy atom. The Labute approximate surface area is 187 Å². The third kappa shape index (κ3) is 4.16. The number of amides is 4. The first-order valence-corrected chi connectivity index (χ1v) is 11.1. The molecule has 9 heteroatoms. The predicted molar refractivity (Wildman–Crippen MR) is 117 cm³/mol. The number of fused-ring (bicyclic) bond motifs is 1. The van der Waals surface area contributed by atoms with Crippen molar-refractivity contribution in [2.24, 2.45) is 0 Å². The van der Waals surface area contributed by atoms with Gasteiger partial charge in [-0.1, -0.05) is 0 Å². The van der Waals surface area contributed by atoms with E-state index in [1.165, 1.54) is 0 Å². The predicted octanol–water partition coefficient (Wildman–Crippen LogP) is 2.07. The van der Waals surface area contributed by atoms with Crippen molar-refractivity contribution in [3.8, 4) is 0 Å². The van der Waals surface area contributed by atoms with Crippen LogP contribution in [0.3, 0.4) is 0 Å². The number of carbonyl (C=O) groups is 4. The lowest BCUT2D eigenvalue weighted by Crippen LogP contribution is -2.53. The topological polar surface area (TPSA) is 99.3 Å². The van der Waals surface area contributed by atoms with Crippen LogP contribution in [0.2, 0.25) is 0 Å². The van der Waals surface area contributed by atoms with Gasteiger partial charge >= 0.3 is 6.09 Å². The van der Waals surface area contributed by atoms with Crippen LogP contribution in [0.1, 0.15) is 62.5 Å². The van der Waals surface area contributed by atoms with Gasteiger partial charge in [-0.05, 0) is 57.9 Å². The number of carbonyl (C=O) groups excluding carboxylic acids is 4. The van der Waals surface area contributed by atoms with Gasteiger partial charge in [0.05, 0.1) is 6.04 Å². The number of piperazine rings is 1. The second-order valence-electron chi connectivity index (χ2n) is 9.58. The smallest absolute Gasteiger partial charge is 0.410 e. The van der Waals surface area contributed by atoms with Gasteiger partial charge in [0.25, 0.3) is 5.91 Å². The fourth-order valence-corrected chi connectivity index (χ4v) is 4.58. The molecule has 2 atom stereocenters. The molecule has 32 heavy (non-hydrogen) atoms. The van der Waals surface area contributed by atoms with Crippen LogP contribution >= 0.6 is 0 Å². The van der Waals surface area contributed by atoms with Crippen LogP contribution in [0.4, 0.5) is 10.5 Å². The molecule has 0 radical (unpaired) electrons. The summed E-state index contributed by atoms with van der Waals surface area (Å²) >= 11 is 0. The minimum absolute atomic E-state index is 0.178. The molecule has 2 saturated heterocycles. The SMILES string of the molecule is CC1c2cc(N3CCN(C(=O)OC(C)(C)C)CC3)ccc2C(=O)N1C1CCC(=O)NC1=O. The minimum Gasteiger partial charge on any atom is -0.444 e. The molecule has 3 heterocycles. The zero-order valence-corrected chi connectivity index (χ0v) is 19.0. The summed E-state index contributed by atoms with van der Waals surface area (Å²) < 4.78 is 5.46. The lowest BCUT2D eigenvalue weighted by atomic mass is 10.0. The van der Waals surface area contributed by atoms with Crippen molar-refractivity contribution in [3.05, 3.63) is 29.3 Å². The minimum atomic E-state index is -0.636. The number of nitrogens with zero attached hydrogens (tertiary/aromatic N) is 3. The zero-order chi connectivity index (χ0) is 23.2.